The summed E-state index contributed by atoms with van der Waals surface area (Å²) < 4.78 is 1.98. The van der Waals surface area contributed by atoms with E-state index in [1.165, 1.54) is 12.0 Å². The van der Waals surface area contributed by atoms with Crippen LogP contribution in [-0.4, -0.2) is 50.9 Å². The Morgan fingerprint density at radius 1 is 0.885 bits per heavy atom. The fraction of sp³-hybridized carbons (Fsp3) is 0.450. The molecule has 1 aromatic carbocycles. The minimum atomic E-state index is 0.441. The first kappa shape index (κ1) is 15.8. The lowest BCUT2D eigenvalue weighted by Crippen LogP contribution is -2.38. The predicted octanol–water partition coefficient (Wildman–Crippen LogP) is 2.71. The number of piperidine rings is 1. The first-order valence-corrected chi connectivity index (χ1v) is 9.60. The molecule has 0 atom stereocenters. The topological polar surface area (TPSA) is 49.6 Å². The van der Waals surface area contributed by atoms with Crippen molar-refractivity contribution in [2.75, 3.05) is 31.1 Å². The lowest BCUT2D eigenvalue weighted by Gasteiger charge is -2.32. The van der Waals surface area contributed by atoms with Crippen molar-refractivity contribution in [3.8, 4) is 0 Å². The van der Waals surface area contributed by atoms with Gasteiger partial charge in [-0.2, -0.15) is 4.52 Å². The summed E-state index contributed by atoms with van der Waals surface area (Å²) in [5.74, 6) is 2.52. The van der Waals surface area contributed by atoms with Crippen LogP contribution in [0.3, 0.4) is 0 Å². The first-order valence-electron chi connectivity index (χ1n) is 9.60. The maximum absolute atomic E-state index is 4.82. The third kappa shape index (κ3) is 2.94. The van der Waals surface area contributed by atoms with Crippen molar-refractivity contribution >= 4 is 11.5 Å². The zero-order chi connectivity index (χ0) is 17.3. The highest BCUT2D eigenvalue weighted by Gasteiger charge is 2.26. The normalized spacial score (nSPS) is 19.0. The van der Waals surface area contributed by atoms with Gasteiger partial charge in [0.1, 0.15) is 5.82 Å². The Morgan fingerprint density at radius 3 is 2.42 bits per heavy atom. The largest absolute Gasteiger partial charge is 0.355 e. The van der Waals surface area contributed by atoms with Gasteiger partial charge in [0.25, 0.3) is 0 Å². The van der Waals surface area contributed by atoms with E-state index in [0.29, 0.717) is 5.92 Å². The maximum Gasteiger partial charge on any atom is 0.178 e. The zero-order valence-electron chi connectivity index (χ0n) is 15.0. The van der Waals surface area contributed by atoms with Crippen LogP contribution in [0.5, 0.6) is 0 Å². The average molecular weight is 348 g/mol. The summed E-state index contributed by atoms with van der Waals surface area (Å²) in [5.41, 5.74) is 2.25. The van der Waals surface area contributed by atoms with E-state index in [4.69, 9.17) is 5.10 Å². The van der Waals surface area contributed by atoms with Gasteiger partial charge < -0.3 is 4.90 Å². The third-order valence-electron chi connectivity index (χ3n) is 5.65. The Hall–Kier alpha value is -2.47. The van der Waals surface area contributed by atoms with E-state index in [2.05, 4.69) is 56.4 Å². The van der Waals surface area contributed by atoms with Gasteiger partial charge in [-0.05, 0) is 50.0 Å². The highest BCUT2D eigenvalue weighted by Crippen LogP contribution is 2.28. The quantitative estimate of drug-likeness (QED) is 0.726. The minimum absolute atomic E-state index is 0.441. The number of nitrogens with zero attached hydrogens (tertiary/aromatic N) is 6. The summed E-state index contributed by atoms with van der Waals surface area (Å²) in [7, 11) is 0. The molecule has 26 heavy (non-hydrogen) atoms. The molecular weight excluding hydrogens is 324 g/mol. The number of aromatic nitrogens is 4. The third-order valence-corrected chi connectivity index (χ3v) is 5.65. The van der Waals surface area contributed by atoms with E-state index in [9.17, 15) is 0 Å². The molecule has 0 bridgehead atoms. The van der Waals surface area contributed by atoms with E-state index in [-0.39, 0.29) is 0 Å². The number of anilines is 1. The lowest BCUT2D eigenvalue weighted by atomic mass is 9.96. The Kier molecular flexibility index (Phi) is 4.05. The Labute approximate surface area is 153 Å². The van der Waals surface area contributed by atoms with E-state index >= 15 is 0 Å². The van der Waals surface area contributed by atoms with Crippen LogP contribution in [0.15, 0.2) is 42.5 Å². The molecule has 3 aromatic rings. The van der Waals surface area contributed by atoms with E-state index in [1.807, 2.05) is 10.6 Å². The molecule has 0 saturated carbocycles. The molecule has 6 nitrogen and oxygen atoms in total. The molecule has 0 radical (unpaired) electrons. The Bertz CT molecular complexity index is 878. The fourth-order valence-corrected chi connectivity index (χ4v) is 3.96. The zero-order valence-corrected chi connectivity index (χ0v) is 15.0. The van der Waals surface area contributed by atoms with Gasteiger partial charge in [-0.15, -0.1) is 15.3 Å². The SMILES string of the molecule is c1ccc(CN2CCC(c3nnc4ccc(N5CCC5)nn34)CC2)cc1. The molecule has 2 fully saturated rings. The molecule has 0 aliphatic carbocycles. The van der Waals surface area contributed by atoms with Gasteiger partial charge in [-0.25, -0.2) is 0 Å². The van der Waals surface area contributed by atoms with E-state index in [0.717, 1.165) is 62.9 Å². The molecule has 2 aliphatic heterocycles. The maximum atomic E-state index is 4.82. The highest BCUT2D eigenvalue weighted by molar-refractivity contribution is 5.47. The van der Waals surface area contributed by atoms with Crippen LogP contribution in [0.2, 0.25) is 0 Å². The summed E-state index contributed by atoms with van der Waals surface area (Å²) in [6, 6.07) is 14.8. The molecule has 0 spiro atoms. The molecular formula is C20H24N6. The number of hydrogen-bond donors (Lipinski definition) is 0. The molecule has 5 rings (SSSR count). The molecule has 4 heterocycles. The van der Waals surface area contributed by atoms with E-state index < -0.39 is 0 Å². The fourth-order valence-electron chi connectivity index (χ4n) is 3.96. The van der Waals surface area contributed by atoms with Gasteiger partial charge in [0.15, 0.2) is 11.5 Å². The van der Waals surface area contributed by atoms with Crippen molar-refractivity contribution in [2.24, 2.45) is 0 Å². The van der Waals surface area contributed by atoms with Crippen LogP contribution in [-0.2, 0) is 6.54 Å². The second kappa shape index (κ2) is 6.68. The van der Waals surface area contributed by atoms with Crippen LogP contribution in [0, 0.1) is 0 Å². The van der Waals surface area contributed by atoms with Gasteiger partial charge in [-0.1, -0.05) is 30.3 Å². The molecule has 0 N–H and O–H groups in total. The molecule has 0 unspecified atom stereocenters. The van der Waals surface area contributed by atoms with Crippen molar-refractivity contribution in [1.82, 2.24) is 24.7 Å². The second-order valence-electron chi connectivity index (χ2n) is 7.40. The van der Waals surface area contributed by atoms with Crippen molar-refractivity contribution in [1.29, 1.82) is 0 Å². The summed E-state index contributed by atoms with van der Waals surface area (Å²) >= 11 is 0. The summed E-state index contributed by atoms with van der Waals surface area (Å²) in [4.78, 5) is 4.85. The van der Waals surface area contributed by atoms with Crippen LogP contribution in [0.25, 0.3) is 5.65 Å². The molecule has 6 heteroatoms. The highest BCUT2D eigenvalue weighted by atomic mass is 15.4. The number of rotatable bonds is 4. The van der Waals surface area contributed by atoms with Gasteiger partial charge in [-0.3, -0.25) is 4.90 Å². The molecule has 2 aromatic heterocycles. The number of fused-ring (bicyclic) bond motifs is 1. The van der Waals surface area contributed by atoms with Gasteiger partial charge in [0.2, 0.25) is 0 Å². The number of benzene rings is 1. The number of likely N-dealkylation sites (tertiary alicyclic amines) is 1. The van der Waals surface area contributed by atoms with E-state index in [1.54, 1.807) is 0 Å². The smallest absolute Gasteiger partial charge is 0.178 e. The van der Waals surface area contributed by atoms with Crippen LogP contribution in [0.1, 0.15) is 36.6 Å². The van der Waals surface area contributed by atoms with Gasteiger partial charge >= 0.3 is 0 Å². The summed E-state index contributed by atoms with van der Waals surface area (Å²) in [5, 5.41) is 13.7. The van der Waals surface area contributed by atoms with Gasteiger partial charge in [0.05, 0.1) is 0 Å². The lowest BCUT2D eigenvalue weighted by molar-refractivity contribution is 0.201. The molecule has 0 amide bonds. The van der Waals surface area contributed by atoms with Crippen molar-refractivity contribution < 1.29 is 0 Å². The van der Waals surface area contributed by atoms with Crippen LogP contribution in [0.4, 0.5) is 5.82 Å². The first-order chi connectivity index (χ1) is 12.9. The summed E-state index contributed by atoms with van der Waals surface area (Å²) in [6.07, 6.45) is 3.49. The standard InChI is InChI=1S/C20H24N6/c1-2-5-16(6-3-1)15-24-13-9-17(10-14-24)20-22-21-18-7-8-19(23-26(18)20)25-11-4-12-25/h1-3,5-8,17H,4,9-15H2. The monoisotopic (exact) mass is 348 g/mol. The second-order valence-corrected chi connectivity index (χ2v) is 7.40. The molecule has 2 aliphatic rings. The van der Waals surface area contributed by atoms with Gasteiger partial charge in [0, 0.05) is 25.6 Å². The predicted molar refractivity (Wildman–Crippen MR) is 101 cm³/mol. The number of hydrogen-bond acceptors (Lipinski definition) is 5. The molecule has 2 saturated heterocycles. The van der Waals surface area contributed by atoms with Crippen molar-refractivity contribution in [2.45, 2.75) is 31.7 Å². The Morgan fingerprint density at radius 2 is 1.69 bits per heavy atom. The Balaban J connectivity index is 1.30. The minimum Gasteiger partial charge on any atom is -0.355 e. The van der Waals surface area contributed by atoms with Crippen molar-refractivity contribution in [3.63, 3.8) is 0 Å². The average Bonchev–Trinajstić information content (AvgIpc) is 3.05. The van der Waals surface area contributed by atoms with Crippen molar-refractivity contribution in [3.05, 3.63) is 53.9 Å². The summed E-state index contributed by atoms with van der Waals surface area (Å²) in [6.45, 7) is 5.44. The van der Waals surface area contributed by atoms with Crippen LogP contribution < -0.4 is 4.90 Å². The molecule has 134 valence electrons. The van der Waals surface area contributed by atoms with Crippen LogP contribution >= 0.6 is 0 Å².